The predicted molar refractivity (Wildman–Crippen MR) is 114 cm³/mol. The molecule has 2 heterocycles. The second kappa shape index (κ2) is 7.47. The summed E-state index contributed by atoms with van der Waals surface area (Å²) in [5.41, 5.74) is 2.34. The molecule has 0 unspecified atom stereocenters. The molecule has 2 aromatic rings. The highest BCUT2D eigenvalue weighted by molar-refractivity contribution is 5.97. The Balaban J connectivity index is 1.49. The van der Waals surface area contributed by atoms with E-state index < -0.39 is 0 Å². The van der Waals surface area contributed by atoms with Crippen molar-refractivity contribution in [3.63, 3.8) is 0 Å². The van der Waals surface area contributed by atoms with Crippen molar-refractivity contribution in [1.82, 2.24) is 19.4 Å². The third kappa shape index (κ3) is 3.77. The predicted octanol–water partition coefficient (Wildman–Crippen LogP) is 3.79. The van der Waals surface area contributed by atoms with Crippen LogP contribution in [0.5, 0.6) is 0 Å². The van der Waals surface area contributed by atoms with Crippen molar-refractivity contribution in [2.45, 2.75) is 59.4 Å². The van der Waals surface area contributed by atoms with Gasteiger partial charge in [-0.05, 0) is 38.0 Å². The van der Waals surface area contributed by atoms with Crippen molar-refractivity contribution in [3.8, 4) is 0 Å². The molecule has 1 aromatic carbocycles. The lowest BCUT2D eigenvalue weighted by atomic mass is 9.94. The number of piperazine rings is 1. The lowest BCUT2D eigenvalue weighted by Crippen LogP contribution is -2.53. The van der Waals surface area contributed by atoms with Crippen molar-refractivity contribution in [2.24, 2.45) is 5.41 Å². The topological polar surface area (TPSA) is 58.4 Å². The van der Waals surface area contributed by atoms with E-state index in [0.717, 1.165) is 16.9 Å². The number of aromatic nitrogens is 2. The number of nitrogens with zero attached hydrogens (tertiary/aromatic N) is 4. The minimum Gasteiger partial charge on any atom is -0.339 e. The van der Waals surface area contributed by atoms with Crippen LogP contribution in [0.2, 0.25) is 0 Å². The standard InChI is InChI=1S/C23H32N4O2/c1-16-24-19-15-17(9-10-20(19)27(16)18-7-5-6-8-18)21(28)25-11-13-26(14-12-25)22(29)23(2,3)4/h9-10,15,18H,5-8,11-14H2,1-4H3. The van der Waals surface area contributed by atoms with Crippen LogP contribution in [-0.4, -0.2) is 57.3 Å². The number of aryl methyl sites for hydroxylation is 1. The quantitative estimate of drug-likeness (QED) is 0.776. The second-order valence-electron chi connectivity index (χ2n) is 9.51. The summed E-state index contributed by atoms with van der Waals surface area (Å²) in [7, 11) is 0. The average Bonchev–Trinajstić information content (AvgIpc) is 3.32. The van der Waals surface area contributed by atoms with Crippen LogP contribution >= 0.6 is 0 Å². The third-order valence-corrected chi connectivity index (χ3v) is 6.30. The van der Waals surface area contributed by atoms with Gasteiger partial charge in [-0.3, -0.25) is 9.59 Å². The van der Waals surface area contributed by atoms with Crippen molar-refractivity contribution in [1.29, 1.82) is 0 Å². The molecule has 2 fully saturated rings. The Morgan fingerprint density at radius 1 is 1.00 bits per heavy atom. The number of benzene rings is 1. The molecule has 1 aliphatic heterocycles. The van der Waals surface area contributed by atoms with Crippen LogP contribution in [0.25, 0.3) is 11.0 Å². The van der Waals surface area contributed by atoms with E-state index in [1.54, 1.807) is 0 Å². The van der Waals surface area contributed by atoms with Crippen LogP contribution in [0.3, 0.4) is 0 Å². The maximum atomic E-state index is 13.1. The van der Waals surface area contributed by atoms with Crippen molar-refractivity contribution in [2.75, 3.05) is 26.2 Å². The van der Waals surface area contributed by atoms with E-state index in [0.29, 0.717) is 37.8 Å². The summed E-state index contributed by atoms with van der Waals surface area (Å²) in [5.74, 6) is 1.22. The monoisotopic (exact) mass is 396 g/mol. The van der Waals surface area contributed by atoms with Gasteiger partial charge < -0.3 is 14.4 Å². The van der Waals surface area contributed by atoms with Crippen molar-refractivity contribution in [3.05, 3.63) is 29.6 Å². The van der Waals surface area contributed by atoms with Crippen LogP contribution < -0.4 is 0 Å². The molecule has 1 aromatic heterocycles. The molecule has 0 bridgehead atoms. The van der Waals surface area contributed by atoms with Gasteiger partial charge in [0.05, 0.1) is 11.0 Å². The molecule has 2 aliphatic rings. The van der Waals surface area contributed by atoms with Gasteiger partial charge in [-0.2, -0.15) is 0 Å². The van der Waals surface area contributed by atoms with Crippen molar-refractivity contribution < 1.29 is 9.59 Å². The summed E-state index contributed by atoms with van der Waals surface area (Å²) in [4.78, 5) is 34.0. The molecule has 156 valence electrons. The Kier molecular flexibility index (Phi) is 5.13. The molecular weight excluding hydrogens is 364 g/mol. The molecular formula is C23H32N4O2. The smallest absolute Gasteiger partial charge is 0.254 e. The number of carbonyl (C=O) groups is 2. The number of carbonyl (C=O) groups excluding carboxylic acids is 2. The molecule has 6 heteroatoms. The van der Waals surface area contributed by atoms with Gasteiger partial charge in [-0.15, -0.1) is 0 Å². The highest BCUT2D eigenvalue weighted by Crippen LogP contribution is 2.33. The van der Waals surface area contributed by atoms with Gasteiger partial charge in [0, 0.05) is 43.2 Å². The average molecular weight is 397 g/mol. The second-order valence-corrected chi connectivity index (χ2v) is 9.51. The van der Waals surface area contributed by atoms with Gasteiger partial charge in [0.15, 0.2) is 0 Å². The van der Waals surface area contributed by atoms with E-state index >= 15 is 0 Å². The van der Waals surface area contributed by atoms with E-state index in [1.165, 1.54) is 25.7 Å². The lowest BCUT2D eigenvalue weighted by molar-refractivity contribution is -0.140. The minimum absolute atomic E-state index is 0.0304. The Morgan fingerprint density at radius 2 is 1.62 bits per heavy atom. The van der Waals surface area contributed by atoms with Crippen LogP contribution in [0.1, 0.15) is 68.7 Å². The fourth-order valence-electron chi connectivity index (χ4n) is 4.75. The summed E-state index contributed by atoms with van der Waals surface area (Å²) in [5, 5.41) is 0. The Labute approximate surface area is 172 Å². The highest BCUT2D eigenvalue weighted by Gasteiger charge is 2.31. The molecule has 1 aliphatic carbocycles. The summed E-state index contributed by atoms with van der Waals surface area (Å²) in [6.45, 7) is 10.2. The number of imidazole rings is 1. The first kappa shape index (κ1) is 19.9. The van der Waals surface area contributed by atoms with Crippen LogP contribution in [0, 0.1) is 12.3 Å². The Hall–Kier alpha value is -2.37. The lowest BCUT2D eigenvalue weighted by Gasteiger charge is -2.37. The van der Waals surface area contributed by atoms with Gasteiger partial charge in [0.2, 0.25) is 5.91 Å². The van der Waals surface area contributed by atoms with Crippen LogP contribution in [0.4, 0.5) is 0 Å². The Bertz CT molecular complexity index is 926. The maximum absolute atomic E-state index is 13.1. The summed E-state index contributed by atoms with van der Waals surface area (Å²) >= 11 is 0. The number of amides is 2. The number of fused-ring (bicyclic) bond motifs is 1. The normalized spacial score (nSPS) is 18.6. The first-order chi connectivity index (χ1) is 13.8. The maximum Gasteiger partial charge on any atom is 0.254 e. The summed E-state index contributed by atoms with van der Waals surface area (Å²) in [6, 6.07) is 6.46. The molecule has 6 nitrogen and oxygen atoms in total. The van der Waals surface area contributed by atoms with Crippen LogP contribution in [-0.2, 0) is 4.79 Å². The third-order valence-electron chi connectivity index (χ3n) is 6.30. The zero-order valence-corrected chi connectivity index (χ0v) is 18.1. The van der Waals surface area contributed by atoms with Gasteiger partial charge >= 0.3 is 0 Å². The van der Waals surface area contributed by atoms with E-state index in [1.807, 2.05) is 42.7 Å². The Morgan fingerprint density at radius 3 is 2.24 bits per heavy atom. The molecule has 0 spiro atoms. The molecule has 1 saturated carbocycles. The van der Waals surface area contributed by atoms with Crippen molar-refractivity contribution >= 4 is 22.8 Å². The first-order valence-corrected chi connectivity index (χ1v) is 10.8. The van der Waals surface area contributed by atoms with E-state index in [4.69, 9.17) is 4.98 Å². The number of hydrogen-bond donors (Lipinski definition) is 0. The molecule has 0 atom stereocenters. The molecule has 0 N–H and O–H groups in total. The van der Waals surface area contributed by atoms with E-state index in [-0.39, 0.29) is 17.2 Å². The zero-order chi connectivity index (χ0) is 20.8. The zero-order valence-electron chi connectivity index (χ0n) is 18.1. The largest absolute Gasteiger partial charge is 0.339 e. The van der Waals surface area contributed by atoms with Gasteiger partial charge in [0.1, 0.15) is 5.82 Å². The summed E-state index contributed by atoms with van der Waals surface area (Å²) in [6.07, 6.45) is 4.99. The molecule has 0 radical (unpaired) electrons. The fraction of sp³-hybridized carbons (Fsp3) is 0.609. The van der Waals surface area contributed by atoms with Gasteiger partial charge in [-0.1, -0.05) is 33.6 Å². The minimum atomic E-state index is -0.382. The summed E-state index contributed by atoms with van der Waals surface area (Å²) < 4.78 is 2.35. The molecule has 1 saturated heterocycles. The van der Waals surface area contributed by atoms with Crippen LogP contribution in [0.15, 0.2) is 18.2 Å². The SMILES string of the molecule is Cc1nc2cc(C(=O)N3CCN(C(=O)C(C)(C)C)CC3)ccc2n1C1CCCC1. The number of rotatable bonds is 2. The number of hydrogen-bond acceptors (Lipinski definition) is 3. The highest BCUT2D eigenvalue weighted by atomic mass is 16.2. The first-order valence-electron chi connectivity index (χ1n) is 10.8. The van der Waals surface area contributed by atoms with E-state index in [9.17, 15) is 9.59 Å². The fourth-order valence-corrected chi connectivity index (χ4v) is 4.75. The van der Waals surface area contributed by atoms with E-state index in [2.05, 4.69) is 17.6 Å². The van der Waals surface area contributed by atoms with Gasteiger partial charge in [-0.25, -0.2) is 4.98 Å². The molecule has 29 heavy (non-hydrogen) atoms. The molecule has 4 rings (SSSR count). The molecule has 2 amide bonds. The van der Waals surface area contributed by atoms with Gasteiger partial charge in [0.25, 0.3) is 5.91 Å².